The first-order valence-electron chi connectivity index (χ1n) is 17.4. The molecule has 0 bridgehead atoms. The van der Waals surface area contributed by atoms with Crippen molar-refractivity contribution in [2.75, 3.05) is 0 Å². The van der Waals surface area contributed by atoms with Gasteiger partial charge < -0.3 is 0 Å². The molecule has 1 aliphatic carbocycles. The minimum Gasteiger partial charge on any atom is -0.292 e. The minimum absolute atomic E-state index is 0.341. The van der Waals surface area contributed by atoms with E-state index in [2.05, 4.69) is 151 Å². The molecular weight excluding hydrogens is 641 g/mol. The van der Waals surface area contributed by atoms with Crippen LogP contribution in [0.3, 0.4) is 0 Å². The van der Waals surface area contributed by atoms with Crippen LogP contribution < -0.4 is 0 Å². The van der Waals surface area contributed by atoms with E-state index in [1.54, 1.807) is 0 Å². The number of thiophene rings is 1. The molecule has 0 saturated heterocycles. The molecule has 240 valence electrons. The fourth-order valence-corrected chi connectivity index (χ4v) is 9.41. The maximum Gasteiger partial charge on any atom is 0.165 e. The van der Waals surface area contributed by atoms with Crippen LogP contribution in [-0.4, -0.2) is 19.5 Å². The molecule has 0 radical (unpaired) electrons. The minimum atomic E-state index is -0.341. The molecule has 0 unspecified atom stereocenters. The first-order chi connectivity index (χ1) is 25.0. The lowest BCUT2D eigenvalue weighted by Crippen LogP contribution is -2.18. The smallest absolute Gasteiger partial charge is 0.165 e. The molecule has 0 saturated carbocycles. The third-order valence-electron chi connectivity index (χ3n) is 10.8. The van der Waals surface area contributed by atoms with Crippen LogP contribution >= 0.6 is 11.3 Å². The first kappa shape index (κ1) is 28.6. The summed E-state index contributed by atoms with van der Waals surface area (Å²) in [5, 5.41) is 7.39. The lowest BCUT2D eigenvalue weighted by atomic mass is 9.85. The molecule has 4 heterocycles. The summed E-state index contributed by atoms with van der Waals surface area (Å²) in [5.74, 6) is 0.836. The Kier molecular flexibility index (Phi) is 5.85. The Labute approximate surface area is 298 Å². The summed E-state index contributed by atoms with van der Waals surface area (Å²) in [6.07, 6.45) is 1.85. The van der Waals surface area contributed by atoms with E-state index in [1.807, 2.05) is 29.7 Å². The third kappa shape index (κ3) is 4.10. The van der Waals surface area contributed by atoms with Crippen molar-refractivity contribution in [3.05, 3.63) is 157 Å². The normalized spacial score (nSPS) is 13.5. The van der Waals surface area contributed by atoms with Crippen LogP contribution in [0.1, 0.15) is 25.1 Å². The van der Waals surface area contributed by atoms with Gasteiger partial charge >= 0.3 is 0 Å². The van der Waals surface area contributed by atoms with Gasteiger partial charge in [-0.2, -0.15) is 0 Å². The van der Waals surface area contributed by atoms with Crippen molar-refractivity contribution in [2.45, 2.75) is 19.3 Å². The van der Waals surface area contributed by atoms with Gasteiger partial charge in [-0.15, -0.1) is 11.3 Å². The molecule has 51 heavy (non-hydrogen) atoms. The van der Waals surface area contributed by atoms with E-state index in [9.17, 15) is 0 Å². The number of aromatic nitrogens is 4. The van der Waals surface area contributed by atoms with Crippen molar-refractivity contribution in [3.8, 4) is 39.6 Å². The molecule has 11 rings (SSSR count). The van der Waals surface area contributed by atoms with Gasteiger partial charge in [0, 0.05) is 59.2 Å². The summed E-state index contributed by atoms with van der Waals surface area (Å²) >= 11 is 1.83. The number of hydrogen-bond donors (Lipinski definition) is 0. The van der Waals surface area contributed by atoms with Gasteiger partial charge in [0.05, 0.1) is 28.1 Å². The largest absolute Gasteiger partial charge is 0.292 e. The zero-order valence-corrected chi connectivity index (χ0v) is 28.9. The highest BCUT2D eigenvalue weighted by Gasteiger charge is 2.40. The van der Waals surface area contributed by atoms with Crippen molar-refractivity contribution in [3.63, 3.8) is 0 Å². The van der Waals surface area contributed by atoms with Crippen LogP contribution in [0.15, 0.2) is 146 Å². The van der Waals surface area contributed by atoms with Gasteiger partial charge in [-0.3, -0.25) is 9.55 Å². The van der Waals surface area contributed by atoms with Gasteiger partial charge in [0.15, 0.2) is 5.82 Å². The van der Waals surface area contributed by atoms with Gasteiger partial charge in [-0.1, -0.05) is 105 Å². The quantitative estimate of drug-likeness (QED) is 0.188. The molecule has 5 heteroatoms. The van der Waals surface area contributed by atoms with E-state index >= 15 is 0 Å². The van der Waals surface area contributed by atoms with Crippen LogP contribution in [0.4, 0.5) is 0 Å². The predicted molar refractivity (Wildman–Crippen MR) is 213 cm³/mol. The number of rotatable bonds is 3. The van der Waals surface area contributed by atoms with E-state index in [-0.39, 0.29) is 5.41 Å². The summed E-state index contributed by atoms with van der Waals surface area (Å²) in [4.78, 5) is 16.1. The van der Waals surface area contributed by atoms with Crippen molar-refractivity contribution in [1.29, 1.82) is 0 Å². The predicted octanol–water partition coefficient (Wildman–Crippen LogP) is 12.1. The monoisotopic (exact) mass is 670 g/mol. The Morgan fingerprint density at radius 3 is 2.16 bits per heavy atom. The molecule has 4 nitrogen and oxygen atoms in total. The SMILES string of the molecule is CC1(C)c2ccc(-c3ccccn3)cc2-c2nc(-n3c4ccccc4c4cc5ccccc5cc43)c(-c3ccc4c(c3)sc3ccccc34)nc21. The molecule has 1 aliphatic rings. The molecule has 10 aromatic rings. The number of para-hydroxylation sites is 1. The molecule has 4 aromatic heterocycles. The standard InChI is InChI=1S/C46H30N4S/c1-46(2)36-21-19-29(37-15-9-10-22-47-37)24-35(36)43-44(46)48-42(30-18-20-33-32-14-6-8-17-40(32)51-41(33)26-30)45(49-43)50-38-16-7-5-13-31(38)34-23-27-11-3-4-12-28(27)25-39(34)50/h3-26H,1-2H3. The maximum absolute atomic E-state index is 5.73. The molecular formula is C46H30N4S. The molecule has 0 amide bonds. The summed E-state index contributed by atoms with van der Waals surface area (Å²) < 4.78 is 4.89. The van der Waals surface area contributed by atoms with Gasteiger partial charge in [-0.25, -0.2) is 9.97 Å². The Morgan fingerprint density at radius 2 is 1.29 bits per heavy atom. The molecule has 0 spiro atoms. The molecule has 0 atom stereocenters. The van der Waals surface area contributed by atoms with Crippen LogP contribution in [0, 0.1) is 0 Å². The maximum atomic E-state index is 5.73. The number of benzene rings is 6. The van der Waals surface area contributed by atoms with E-state index in [1.165, 1.54) is 47.3 Å². The van der Waals surface area contributed by atoms with E-state index in [0.717, 1.165) is 56.3 Å². The zero-order valence-electron chi connectivity index (χ0n) is 28.1. The Bertz CT molecular complexity index is 3060. The lowest BCUT2D eigenvalue weighted by Gasteiger charge is -2.21. The van der Waals surface area contributed by atoms with Crippen molar-refractivity contribution >= 4 is 64.1 Å². The highest BCUT2D eigenvalue weighted by Crippen LogP contribution is 2.50. The average molecular weight is 671 g/mol. The van der Waals surface area contributed by atoms with Crippen molar-refractivity contribution in [1.82, 2.24) is 19.5 Å². The number of pyridine rings is 1. The Morgan fingerprint density at radius 1 is 0.549 bits per heavy atom. The highest BCUT2D eigenvalue weighted by atomic mass is 32.1. The van der Waals surface area contributed by atoms with Gasteiger partial charge in [-0.05, 0) is 64.9 Å². The second kappa shape index (κ2) is 10.4. The molecule has 0 N–H and O–H groups in total. The molecule has 0 fully saturated rings. The number of hydrogen-bond acceptors (Lipinski definition) is 4. The average Bonchev–Trinajstić information content (AvgIpc) is 3.78. The summed E-state index contributed by atoms with van der Waals surface area (Å²) in [7, 11) is 0. The van der Waals surface area contributed by atoms with Crippen molar-refractivity contribution < 1.29 is 0 Å². The summed E-state index contributed by atoms with van der Waals surface area (Å²) in [6, 6.07) is 50.2. The third-order valence-corrected chi connectivity index (χ3v) is 11.9. The second-order valence-electron chi connectivity index (χ2n) is 14.1. The molecule has 0 aliphatic heterocycles. The van der Waals surface area contributed by atoms with Crippen LogP contribution in [0.5, 0.6) is 0 Å². The van der Waals surface area contributed by atoms with Crippen LogP contribution in [0.2, 0.25) is 0 Å². The van der Waals surface area contributed by atoms with Gasteiger partial charge in [0.1, 0.15) is 5.69 Å². The van der Waals surface area contributed by atoms with E-state index in [0.29, 0.717) is 0 Å². The Hall–Kier alpha value is -6.17. The molecule has 6 aromatic carbocycles. The summed E-state index contributed by atoms with van der Waals surface area (Å²) in [5.41, 5.74) is 10.1. The topological polar surface area (TPSA) is 43.6 Å². The fraction of sp³-hybridized carbons (Fsp3) is 0.0652. The number of fused-ring (bicyclic) bond motifs is 10. The van der Waals surface area contributed by atoms with Crippen molar-refractivity contribution in [2.24, 2.45) is 0 Å². The lowest BCUT2D eigenvalue weighted by molar-refractivity contribution is 0.635. The van der Waals surface area contributed by atoms with Crippen LogP contribution in [-0.2, 0) is 5.41 Å². The first-order valence-corrected chi connectivity index (χ1v) is 18.2. The Balaban J connectivity index is 1.25. The van der Waals surface area contributed by atoms with E-state index < -0.39 is 0 Å². The van der Waals surface area contributed by atoms with Crippen LogP contribution in [0.25, 0.3) is 92.3 Å². The van der Waals surface area contributed by atoms with E-state index in [4.69, 9.17) is 9.97 Å². The number of nitrogens with zero attached hydrogens (tertiary/aromatic N) is 4. The van der Waals surface area contributed by atoms with Gasteiger partial charge in [0.25, 0.3) is 0 Å². The van der Waals surface area contributed by atoms with Gasteiger partial charge in [0.2, 0.25) is 0 Å². The zero-order chi connectivity index (χ0) is 33.8. The second-order valence-corrected chi connectivity index (χ2v) is 15.2. The summed E-state index contributed by atoms with van der Waals surface area (Å²) in [6.45, 7) is 4.55. The highest BCUT2D eigenvalue weighted by molar-refractivity contribution is 7.25. The fourth-order valence-electron chi connectivity index (χ4n) is 8.26.